The predicted octanol–water partition coefficient (Wildman–Crippen LogP) is 3.92. The highest BCUT2D eigenvalue weighted by Crippen LogP contribution is 2.32. The number of anilines is 2. The van der Waals surface area contributed by atoms with E-state index in [0.29, 0.717) is 26.1 Å². The van der Waals surface area contributed by atoms with Gasteiger partial charge in [-0.05, 0) is 36.5 Å². The summed E-state index contributed by atoms with van der Waals surface area (Å²) in [5, 5.41) is 5.06. The lowest BCUT2D eigenvalue weighted by atomic mass is 9.82. The second kappa shape index (κ2) is 8.32. The molecular formula is C19H20F4N4O2. The Labute approximate surface area is 164 Å². The third-order valence-electron chi connectivity index (χ3n) is 4.76. The zero-order valence-corrected chi connectivity index (χ0v) is 15.6. The van der Waals surface area contributed by atoms with Crippen LogP contribution in [0.5, 0.6) is 0 Å². The number of hydrogen-bond acceptors (Lipinski definition) is 5. The molecule has 0 radical (unpaired) electrons. The number of benzene rings is 1. The molecule has 1 aromatic heterocycles. The molecule has 29 heavy (non-hydrogen) atoms. The van der Waals surface area contributed by atoms with Crippen LogP contribution in [0.4, 0.5) is 29.2 Å². The molecule has 0 atom stereocenters. The monoisotopic (exact) mass is 412 g/mol. The molecule has 0 spiro atoms. The van der Waals surface area contributed by atoms with Crippen LogP contribution in [0.15, 0.2) is 30.5 Å². The Bertz CT molecular complexity index is 883. The number of nitrogens with one attached hydrogen (secondary N) is 2. The topological polar surface area (TPSA) is 76.1 Å². The number of ether oxygens (including phenoxy) is 1. The summed E-state index contributed by atoms with van der Waals surface area (Å²) in [5.74, 6) is -1.86. The largest absolute Gasteiger partial charge is 0.434 e. The maximum atomic E-state index is 13.5. The SMILES string of the molecule is CC1(CNC(=O)c2cnc(Nc3cccc(F)c3)nc2C(F)(F)F)CCOCC1. The second-order valence-electron chi connectivity index (χ2n) is 7.19. The van der Waals surface area contributed by atoms with E-state index in [1.165, 1.54) is 18.2 Å². The van der Waals surface area contributed by atoms with E-state index in [4.69, 9.17) is 4.74 Å². The smallest absolute Gasteiger partial charge is 0.381 e. The number of amides is 1. The average molecular weight is 412 g/mol. The maximum absolute atomic E-state index is 13.5. The minimum absolute atomic E-state index is 0.183. The van der Waals surface area contributed by atoms with Crippen molar-refractivity contribution in [3.8, 4) is 0 Å². The van der Waals surface area contributed by atoms with Crippen LogP contribution in [0.25, 0.3) is 0 Å². The van der Waals surface area contributed by atoms with E-state index in [1.807, 2.05) is 6.92 Å². The van der Waals surface area contributed by atoms with Gasteiger partial charge in [0.15, 0.2) is 5.69 Å². The molecule has 2 N–H and O–H groups in total. The van der Waals surface area contributed by atoms with Crippen molar-refractivity contribution in [1.29, 1.82) is 0 Å². The summed E-state index contributed by atoms with van der Waals surface area (Å²) in [4.78, 5) is 19.7. The maximum Gasteiger partial charge on any atom is 0.434 e. The summed E-state index contributed by atoms with van der Waals surface area (Å²) in [7, 11) is 0. The first-order valence-corrected chi connectivity index (χ1v) is 8.99. The van der Waals surface area contributed by atoms with Crippen molar-refractivity contribution in [1.82, 2.24) is 15.3 Å². The zero-order chi connectivity index (χ0) is 21.1. The third-order valence-corrected chi connectivity index (χ3v) is 4.76. The molecule has 1 fully saturated rings. The van der Waals surface area contributed by atoms with Crippen molar-refractivity contribution in [2.24, 2.45) is 5.41 Å². The molecule has 1 saturated heterocycles. The normalized spacial score (nSPS) is 16.3. The van der Waals surface area contributed by atoms with Crippen LogP contribution >= 0.6 is 0 Å². The molecule has 1 aliphatic heterocycles. The van der Waals surface area contributed by atoms with Crippen molar-refractivity contribution in [2.45, 2.75) is 25.9 Å². The van der Waals surface area contributed by atoms with Gasteiger partial charge in [-0.1, -0.05) is 13.0 Å². The fourth-order valence-electron chi connectivity index (χ4n) is 2.95. The van der Waals surface area contributed by atoms with Crippen LogP contribution in [0.3, 0.4) is 0 Å². The molecule has 3 rings (SSSR count). The molecule has 10 heteroatoms. The van der Waals surface area contributed by atoms with Crippen LogP contribution < -0.4 is 10.6 Å². The van der Waals surface area contributed by atoms with Crippen molar-refractivity contribution in [3.05, 3.63) is 47.5 Å². The Balaban J connectivity index is 1.79. The molecule has 1 amide bonds. The van der Waals surface area contributed by atoms with Crippen LogP contribution in [0.2, 0.25) is 0 Å². The molecule has 2 heterocycles. The molecule has 0 bridgehead atoms. The number of alkyl halides is 3. The zero-order valence-electron chi connectivity index (χ0n) is 15.6. The average Bonchev–Trinajstić information content (AvgIpc) is 2.66. The van der Waals surface area contributed by atoms with Gasteiger partial charge in [-0.15, -0.1) is 0 Å². The van der Waals surface area contributed by atoms with Gasteiger partial charge in [0, 0.05) is 31.6 Å². The van der Waals surface area contributed by atoms with Gasteiger partial charge >= 0.3 is 6.18 Å². The summed E-state index contributed by atoms with van der Waals surface area (Å²) in [6.45, 7) is 3.26. The highest BCUT2D eigenvalue weighted by Gasteiger charge is 2.38. The van der Waals surface area contributed by atoms with Gasteiger partial charge in [0.2, 0.25) is 5.95 Å². The minimum Gasteiger partial charge on any atom is -0.381 e. The molecule has 156 valence electrons. The van der Waals surface area contributed by atoms with Crippen LogP contribution in [0, 0.1) is 11.2 Å². The Morgan fingerprint density at radius 2 is 2.00 bits per heavy atom. The highest BCUT2D eigenvalue weighted by atomic mass is 19.4. The van der Waals surface area contributed by atoms with E-state index in [1.54, 1.807) is 0 Å². The lowest BCUT2D eigenvalue weighted by Crippen LogP contribution is -2.40. The number of nitrogens with zero attached hydrogens (tertiary/aromatic N) is 2. The van der Waals surface area contributed by atoms with E-state index >= 15 is 0 Å². The first-order chi connectivity index (χ1) is 13.7. The quantitative estimate of drug-likeness (QED) is 0.728. The summed E-state index contributed by atoms with van der Waals surface area (Å²) in [6, 6.07) is 5.13. The molecule has 1 aromatic carbocycles. The fraction of sp³-hybridized carbons (Fsp3) is 0.421. The summed E-state index contributed by atoms with van der Waals surface area (Å²) in [5.41, 5.74) is -2.09. The van der Waals surface area contributed by atoms with E-state index in [2.05, 4.69) is 20.6 Å². The summed E-state index contributed by atoms with van der Waals surface area (Å²) >= 11 is 0. The van der Waals surface area contributed by atoms with Crippen LogP contribution in [-0.4, -0.2) is 35.6 Å². The lowest BCUT2D eigenvalue weighted by molar-refractivity contribution is -0.141. The molecule has 0 aliphatic carbocycles. The van der Waals surface area contributed by atoms with E-state index in [9.17, 15) is 22.4 Å². The number of hydrogen-bond donors (Lipinski definition) is 2. The van der Waals surface area contributed by atoms with Gasteiger partial charge in [0.05, 0.1) is 5.56 Å². The number of halogens is 4. The Morgan fingerprint density at radius 1 is 1.28 bits per heavy atom. The summed E-state index contributed by atoms with van der Waals surface area (Å²) < 4.78 is 59.0. The van der Waals surface area contributed by atoms with E-state index < -0.39 is 35.1 Å². The van der Waals surface area contributed by atoms with Gasteiger partial charge in [-0.2, -0.15) is 13.2 Å². The van der Waals surface area contributed by atoms with E-state index in [0.717, 1.165) is 12.3 Å². The van der Waals surface area contributed by atoms with Crippen molar-refractivity contribution < 1.29 is 27.1 Å². The number of carbonyl (C=O) groups excluding carboxylic acids is 1. The van der Waals surface area contributed by atoms with Gasteiger partial charge in [-0.25, -0.2) is 14.4 Å². The van der Waals surface area contributed by atoms with Gasteiger partial charge < -0.3 is 15.4 Å². The standard InChI is InChI=1S/C19H20F4N4O2/c1-18(5-7-29-8-6-18)11-25-16(28)14-10-24-17(27-15(14)19(21,22)23)26-13-4-2-3-12(20)9-13/h2-4,9-10H,5-8,11H2,1H3,(H,25,28)(H,24,26,27). The predicted molar refractivity (Wildman–Crippen MR) is 97.2 cm³/mol. The lowest BCUT2D eigenvalue weighted by Gasteiger charge is -2.33. The highest BCUT2D eigenvalue weighted by molar-refractivity contribution is 5.95. The van der Waals surface area contributed by atoms with Crippen molar-refractivity contribution in [2.75, 3.05) is 25.1 Å². The van der Waals surface area contributed by atoms with Gasteiger partial charge in [-0.3, -0.25) is 4.79 Å². The van der Waals surface area contributed by atoms with Crippen LogP contribution in [0.1, 0.15) is 35.8 Å². The number of rotatable bonds is 5. The van der Waals surface area contributed by atoms with Crippen LogP contribution in [-0.2, 0) is 10.9 Å². The number of carbonyl (C=O) groups is 1. The summed E-state index contributed by atoms with van der Waals surface area (Å²) in [6.07, 6.45) is -2.64. The molecular weight excluding hydrogens is 392 g/mol. The van der Waals surface area contributed by atoms with Crippen molar-refractivity contribution >= 4 is 17.5 Å². The molecule has 2 aromatic rings. The van der Waals surface area contributed by atoms with Gasteiger partial charge in [0.1, 0.15) is 5.82 Å². The Kier molecular flexibility index (Phi) is 6.02. The van der Waals surface area contributed by atoms with E-state index in [-0.39, 0.29) is 17.6 Å². The first kappa shape index (κ1) is 21.0. The van der Waals surface area contributed by atoms with Crippen molar-refractivity contribution in [3.63, 3.8) is 0 Å². The molecule has 0 saturated carbocycles. The Hall–Kier alpha value is -2.75. The third kappa shape index (κ3) is 5.41. The second-order valence-corrected chi connectivity index (χ2v) is 7.19. The number of aromatic nitrogens is 2. The molecule has 1 aliphatic rings. The van der Waals surface area contributed by atoms with Gasteiger partial charge in [0.25, 0.3) is 5.91 Å². The fourth-order valence-corrected chi connectivity index (χ4v) is 2.95. The first-order valence-electron chi connectivity index (χ1n) is 8.99. The minimum atomic E-state index is -4.86. The molecule has 0 unspecified atom stereocenters. The Morgan fingerprint density at radius 3 is 2.66 bits per heavy atom. The molecule has 6 nitrogen and oxygen atoms in total.